The molecule has 0 fully saturated rings. The summed E-state index contributed by atoms with van der Waals surface area (Å²) in [5.41, 5.74) is 0.902. The summed E-state index contributed by atoms with van der Waals surface area (Å²) in [6.45, 7) is 4.17. The number of carbonyl (C=O) groups is 1. The van der Waals surface area contributed by atoms with Crippen molar-refractivity contribution in [2.45, 2.75) is 26.5 Å². The van der Waals surface area contributed by atoms with Crippen LogP contribution in [0, 0.1) is 0 Å². The number of amides is 1. The van der Waals surface area contributed by atoms with Crippen LogP contribution in [0.3, 0.4) is 0 Å². The molecule has 0 aliphatic carbocycles. The van der Waals surface area contributed by atoms with E-state index in [1.54, 1.807) is 25.3 Å². The van der Waals surface area contributed by atoms with Gasteiger partial charge in [0.15, 0.2) is 18.1 Å². The molecule has 0 bridgehead atoms. The Hall–Kier alpha value is -1.92. The van der Waals surface area contributed by atoms with Gasteiger partial charge in [0.2, 0.25) is 0 Å². The maximum Gasteiger partial charge on any atom is 0.258 e. The number of methoxy groups -OCH3 is 1. The molecule has 2 aromatic carbocycles. The minimum absolute atomic E-state index is 0.0544. The van der Waals surface area contributed by atoms with Crippen LogP contribution in [0.5, 0.6) is 17.2 Å². The quantitative estimate of drug-likeness (QED) is 0.649. The molecule has 0 heterocycles. The molecule has 0 aliphatic heterocycles. The molecule has 0 saturated carbocycles. The van der Waals surface area contributed by atoms with Crippen molar-refractivity contribution in [3.8, 4) is 17.2 Å². The van der Waals surface area contributed by atoms with Crippen LogP contribution in [0.1, 0.15) is 19.4 Å². The largest absolute Gasteiger partial charge is 0.493 e. The van der Waals surface area contributed by atoms with Crippen LogP contribution in [0.4, 0.5) is 0 Å². The van der Waals surface area contributed by atoms with Crippen molar-refractivity contribution in [1.29, 1.82) is 0 Å². The second-order valence-corrected chi connectivity index (χ2v) is 7.08. The van der Waals surface area contributed by atoms with Crippen LogP contribution in [0.15, 0.2) is 40.9 Å². The van der Waals surface area contributed by atoms with Gasteiger partial charge in [-0.15, -0.1) is 0 Å². The third-order valence-corrected chi connectivity index (χ3v) is 4.19. The van der Waals surface area contributed by atoms with Gasteiger partial charge in [0.25, 0.3) is 5.91 Å². The molecule has 1 amide bonds. The van der Waals surface area contributed by atoms with E-state index in [0.29, 0.717) is 33.3 Å². The summed E-state index contributed by atoms with van der Waals surface area (Å²) >= 11 is 9.22. The molecular weight excluding hydrogens is 422 g/mol. The zero-order chi connectivity index (χ0) is 19.1. The standard InChI is InChI=1S/C19H21BrClNO4/c1-12(2)26-17-6-4-13(8-18(17)24-3)10-22-19(23)11-25-16-7-5-14(21)9-15(16)20/h4-9,12H,10-11H2,1-3H3,(H,22,23). The molecule has 140 valence electrons. The lowest BCUT2D eigenvalue weighted by Gasteiger charge is -2.15. The monoisotopic (exact) mass is 441 g/mol. The van der Waals surface area contributed by atoms with Gasteiger partial charge < -0.3 is 19.5 Å². The lowest BCUT2D eigenvalue weighted by atomic mass is 10.2. The molecule has 0 saturated heterocycles. The van der Waals surface area contributed by atoms with Gasteiger partial charge in [0.1, 0.15) is 5.75 Å². The third-order valence-electron chi connectivity index (χ3n) is 3.33. The van der Waals surface area contributed by atoms with Gasteiger partial charge in [-0.05, 0) is 65.7 Å². The Morgan fingerprint density at radius 1 is 1.15 bits per heavy atom. The van der Waals surface area contributed by atoms with E-state index >= 15 is 0 Å². The van der Waals surface area contributed by atoms with Crippen molar-refractivity contribution in [2.24, 2.45) is 0 Å². The van der Waals surface area contributed by atoms with E-state index in [9.17, 15) is 4.79 Å². The first-order chi connectivity index (χ1) is 12.4. The highest BCUT2D eigenvalue weighted by Crippen LogP contribution is 2.29. The lowest BCUT2D eigenvalue weighted by molar-refractivity contribution is -0.123. The molecule has 0 unspecified atom stereocenters. The van der Waals surface area contributed by atoms with Crippen molar-refractivity contribution >= 4 is 33.4 Å². The molecule has 1 N–H and O–H groups in total. The Bertz CT molecular complexity index is 767. The van der Waals surface area contributed by atoms with Gasteiger partial charge in [-0.25, -0.2) is 0 Å². The summed E-state index contributed by atoms with van der Waals surface area (Å²) in [6.07, 6.45) is 0.0544. The zero-order valence-corrected chi connectivity index (χ0v) is 17.2. The van der Waals surface area contributed by atoms with E-state index in [2.05, 4.69) is 21.2 Å². The average molecular weight is 443 g/mol. The van der Waals surface area contributed by atoms with E-state index in [4.69, 9.17) is 25.8 Å². The molecule has 2 rings (SSSR count). The van der Waals surface area contributed by atoms with E-state index in [0.717, 1.165) is 5.56 Å². The molecule has 0 atom stereocenters. The fraction of sp³-hybridized carbons (Fsp3) is 0.316. The van der Waals surface area contributed by atoms with Gasteiger partial charge >= 0.3 is 0 Å². The summed E-state index contributed by atoms with van der Waals surface area (Å²) in [7, 11) is 1.59. The molecule has 5 nitrogen and oxygen atoms in total. The van der Waals surface area contributed by atoms with Crippen molar-refractivity contribution in [1.82, 2.24) is 5.32 Å². The first kappa shape index (κ1) is 20.4. The van der Waals surface area contributed by atoms with E-state index in [1.807, 2.05) is 32.0 Å². The molecule has 7 heteroatoms. The Morgan fingerprint density at radius 2 is 1.88 bits per heavy atom. The zero-order valence-electron chi connectivity index (χ0n) is 14.8. The minimum Gasteiger partial charge on any atom is -0.493 e. The normalized spacial score (nSPS) is 10.5. The summed E-state index contributed by atoms with van der Waals surface area (Å²) < 4.78 is 17.2. The average Bonchev–Trinajstić information content (AvgIpc) is 2.59. The molecule has 0 aliphatic rings. The van der Waals surface area contributed by atoms with Gasteiger partial charge in [-0.1, -0.05) is 17.7 Å². The molecule has 26 heavy (non-hydrogen) atoms. The van der Waals surface area contributed by atoms with Crippen LogP contribution in [-0.2, 0) is 11.3 Å². The molecular formula is C19H21BrClNO4. The Labute approximate surface area is 166 Å². The number of nitrogens with one attached hydrogen (secondary N) is 1. The number of benzene rings is 2. The lowest BCUT2D eigenvalue weighted by Crippen LogP contribution is -2.28. The first-order valence-electron chi connectivity index (χ1n) is 8.07. The fourth-order valence-electron chi connectivity index (χ4n) is 2.16. The topological polar surface area (TPSA) is 56.8 Å². The number of hydrogen-bond acceptors (Lipinski definition) is 4. The fourth-order valence-corrected chi connectivity index (χ4v) is 2.96. The smallest absolute Gasteiger partial charge is 0.258 e. The third kappa shape index (κ3) is 6.11. The van der Waals surface area contributed by atoms with Gasteiger partial charge in [-0.3, -0.25) is 4.79 Å². The number of rotatable bonds is 8. The molecule has 0 aromatic heterocycles. The Morgan fingerprint density at radius 3 is 2.54 bits per heavy atom. The maximum atomic E-state index is 12.0. The second-order valence-electron chi connectivity index (χ2n) is 5.79. The highest BCUT2D eigenvalue weighted by atomic mass is 79.9. The Kier molecular flexibility index (Phi) is 7.60. The summed E-state index contributed by atoms with van der Waals surface area (Å²) in [6, 6.07) is 10.7. The second kappa shape index (κ2) is 9.69. The maximum absolute atomic E-state index is 12.0. The van der Waals surface area contributed by atoms with Crippen LogP contribution < -0.4 is 19.5 Å². The highest BCUT2D eigenvalue weighted by Gasteiger charge is 2.09. The first-order valence-corrected chi connectivity index (χ1v) is 9.24. The highest BCUT2D eigenvalue weighted by molar-refractivity contribution is 9.10. The minimum atomic E-state index is -0.228. The number of halogens is 2. The van der Waals surface area contributed by atoms with Crippen molar-refractivity contribution in [2.75, 3.05) is 13.7 Å². The van der Waals surface area contributed by atoms with Crippen LogP contribution in [0.2, 0.25) is 5.02 Å². The van der Waals surface area contributed by atoms with E-state index < -0.39 is 0 Å². The number of hydrogen-bond donors (Lipinski definition) is 1. The molecule has 0 radical (unpaired) electrons. The van der Waals surface area contributed by atoms with E-state index in [1.165, 1.54) is 0 Å². The van der Waals surface area contributed by atoms with Gasteiger partial charge in [-0.2, -0.15) is 0 Å². The predicted octanol–water partition coefficient (Wildman–Crippen LogP) is 4.59. The summed E-state index contributed by atoms with van der Waals surface area (Å²) in [4.78, 5) is 12.0. The summed E-state index contributed by atoms with van der Waals surface area (Å²) in [5.74, 6) is 1.63. The predicted molar refractivity (Wildman–Crippen MR) is 105 cm³/mol. The molecule has 0 spiro atoms. The van der Waals surface area contributed by atoms with Crippen molar-refractivity contribution in [3.05, 3.63) is 51.5 Å². The van der Waals surface area contributed by atoms with Crippen LogP contribution in [-0.4, -0.2) is 25.7 Å². The van der Waals surface area contributed by atoms with Crippen molar-refractivity contribution in [3.63, 3.8) is 0 Å². The van der Waals surface area contributed by atoms with Gasteiger partial charge in [0, 0.05) is 11.6 Å². The van der Waals surface area contributed by atoms with E-state index in [-0.39, 0.29) is 18.6 Å². The van der Waals surface area contributed by atoms with Crippen LogP contribution >= 0.6 is 27.5 Å². The SMILES string of the molecule is COc1cc(CNC(=O)COc2ccc(Cl)cc2Br)ccc1OC(C)C. The number of carbonyl (C=O) groups excluding carboxylic acids is 1. The van der Waals surface area contributed by atoms with Crippen molar-refractivity contribution < 1.29 is 19.0 Å². The Balaban J connectivity index is 1.88. The van der Waals surface area contributed by atoms with Gasteiger partial charge in [0.05, 0.1) is 17.7 Å². The van der Waals surface area contributed by atoms with Crippen LogP contribution in [0.25, 0.3) is 0 Å². The molecule has 2 aromatic rings. The summed E-state index contributed by atoms with van der Waals surface area (Å²) in [5, 5.41) is 3.40. The number of ether oxygens (including phenoxy) is 3.